The Morgan fingerprint density at radius 3 is 2.77 bits per heavy atom. The summed E-state index contributed by atoms with van der Waals surface area (Å²) < 4.78 is 10.6. The van der Waals surface area contributed by atoms with Gasteiger partial charge in [0.25, 0.3) is 0 Å². The van der Waals surface area contributed by atoms with Crippen molar-refractivity contribution in [2.75, 3.05) is 19.8 Å². The highest BCUT2D eigenvalue weighted by atomic mass is 35.5. The molecule has 5 nitrogen and oxygen atoms in total. The molecule has 2 aromatic carbocycles. The van der Waals surface area contributed by atoms with Crippen LogP contribution in [0.15, 0.2) is 42.5 Å². The number of hydrogen-bond acceptors (Lipinski definition) is 5. The molecule has 2 N–H and O–H groups in total. The molecule has 0 heterocycles. The number of aliphatic hydroxyl groups excluding tert-OH is 1. The van der Waals surface area contributed by atoms with Gasteiger partial charge >= 0.3 is 5.97 Å². The van der Waals surface area contributed by atoms with Crippen LogP contribution in [0.3, 0.4) is 0 Å². The van der Waals surface area contributed by atoms with E-state index in [-0.39, 0.29) is 36.4 Å². The van der Waals surface area contributed by atoms with Gasteiger partial charge in [-0.2, -0.15) is 0 Å². The Morgan fingerprint density at radius 1 is 1.29 bits per heavy atom. The lowest BCUT2D eigenvalue weighted by Crippen LogP contribution is -2.49. The van der Waals surface area contributed by atoms with Crippen molar-refractivity contribution in [1.82, 2.24) is 5.32 Å². The third kappa shape index (κ3) is 6.36. The van der Waals surface area contributed by atoms with E-state index in [1.807, 2.05) is 24.3 Å². The molecule has 1 aliphatic rings. The SMILES string of the molecule is CCOC(=O)COc1ccc2c(c1)C(C)(C)[C@@H](NC[C@H](O)c1cccc(Cl)c1)CC2.Cl. The summed E-state index contributed by atoms with van der Waals surface area (Å²) in [6, 6.07) is 13.5. The van der Waals surface area contributed by atoms with Crippen molar-refractivity contribution in [2.24, 2.45) is 0 Å². The first-order valence-corrected chi connectivity index (χ1v) is 10.8. The third-order valence-electron chi connectivity index (χ3n) is 5.80. The number of carbonyl (C=O) groups is 1. The van der Waals surface area contributed by atoms with Gasteiger partial charge in [-0.3, -0.25) is 0 Å². The predicted molar refractivity (Wildman–Crippen MR) is 125 cm³/mol. The molecule has 7 heteroatoms. The summed E-state index contributed by atoms with van der Waals surface area (Å²) in [5, 5.41) is 14.7. The smallest absolute Gasteiger partial charge is 0.344 e. The van der Waals surface area contributed by atoms with Crippen LogP contribution in [0.25, 0.3) is 0 Å². The number of hydrogen-bond donors (Lipinski definition) is 2. The molecule has 0 radical (unpaired) electrons. The molecule has 0 unspecified atom stereocenters. The van der Waals surface area contributed by atoms with Crippen LogP contribution in [-0.2, 0) is 21.4 Å². The largest absolute Gasteiger partial charge is 0.482 e. The van der Waals surface area contributed by atoms with Crippen molar-refractivity contribution in [3.8, 4) is 5.75 Å². The van der Waals surface area contributed by atoms with Crippen molar-refractivity contribution in [1.29, 1.82) is 0 Å². The van der Waals surface area contributed by atoms with E-state index < -0.39 is 6.10 Å². The minimum atomic E-state index is -0.625. The Bertz CT molecular complexity index is 888. The summed E-state index contributed by atoms with van der Waals surface area (Å²) in [6.07, 6.45) is 1.30. The summed E-state index contributed by atoms with van der Waals surface area (Å²) in [7, 11) is 0. The molecule has 2 aromatic rings. The van der Waals surface area contributed by atoms with Gasteiger partial charge in [-0.25, -0.2) is 4.79 Å². The zero-order valence-electron chi connectivity index (χ0n) is 18.2. The number of ether oxygens (including phenoxy) is 2. The van der Waals surface area contributed by atoms with Crippen molar-refractivity contribution >= 4 is 30.0 Å². The normalized spacial score (nSPS) is 17.8. The first-order chi connectivity index (χ1) is 14.3. The average molecular weight is 468 g/mol. The Hall–Kier alpha value is -1.79. The Balaban J connectivity index is 0.00000341. The minimum absolute atomic E-state index is 0. The number of rotatable bonds is 8. The average Bonchev–Trinajstić information content (AvgIpc) is 2.72. The van der Waals surface area contributed by atoms with Crippen LogP contribution in [-0.4, -0.2) is 36.9 Å². The molecular formula is C24H31Cl2NO4. The second-order valence-corrected chi connectivity index (χ2v) is 8.64. The molecule has 0 aliphatic heterocycles. The van der Waals surface area contributed by atoms with Gasteiger partial charge in [0.05, 0.1) is 12.7 Å². The first-order valence-electron chi connectivity index (χ1n) is 10.4. The van der Waals surface area contributed by atoms with Crippen LogP contribution in [0, 0.1) is 0 Å². The van der Waals surface area contributed by atoms with Gasteiger partial charge in [-0.15, -0.1) is 12.4 Å². The van der Waals surface area contributed by atoms with Crippen molar-refractivity contribution in [2.45, 2.75) is 51.2 Å². The summed E-state index contributed by atoms with van der Waals surface area (Å²) in [6.45, 7) is 6.86. The highest BCUT2D eigenvalue weighted by Crippen LogP contribution is 2.39. The second-order valence-electron chi connectivity index (χ2n) is 8.20. The monoisotopic (exact) mass is 467 g/mol. The lowest BCUT2D eigenvalue weighted by atomic mass is 9.69. The maximum Gasteiger partial charge on any atom is 0.344 e. The van der Waals surface area contributed by atoms with E-state index in [9.17, 15) is 9.90 Å². The number of benzene rings is 2. The summed E-state index contributed by atoms with van der Waals surface area (Å²) in [4.78, 5) is 11.6. The fraction of sp³-hybridized carbons (Fsp3) is 0.458. The van der Waals surface area contributed by atoms with Gasteiger partial charge in [0.15, 0.2) is 6.61 Å². The third-order valence-corrected chi connectivity index (χ3v) is 6.04. The molecule has 0 saturated heterocycles. The van der Waals surface area contributed by atoms with Crippen molar-refractivity contribution in [3.05, 3.63) is 64.2 Å². The standard InChI is InChI=1S/C24H30ClNO4.ClH/c1-4-29-23(28)15-30-19-10-8-16-9-11-22(24(2,3)20(16)13-19)26-14-21(27)17-6-5-7-18(25)12-17;/h5-8,10,12-13,21-22,26-27H,4,9,11,14-15H2,1-3H3;1H/t21-,22-;/m0./s1. The molecule has 0 aromatic heterocycles. The fourth-order valence-corrected chi connectivity index (χ4v) is 4.30. The maximum absolute atomic E-state index is 11.6. The Morgan fingerprint density at radius 2 is 2.06 bits per heavy atom. The van der Waals surface area contributed by atoms with E-state index in [1.54, 1.807) is 19.1 Å². The van der Waals surface area contributed by atoms with Gasteiger partial charge in [-0.05, 0) is 60.7 Å². The molecule has 170 valence electrons. The van der Waals surface area contributed by atoms with Crippen LogP contribution < -0.4 is 10.1 Å². The quantitative estimate of drug-likeness (QED) is 0.554. The van der Waals surface area contributed by atoms with Gasteiger partial charge in [0, 0.05) is 23.0 Å². The number of fused-ring (bicyclic) bond motifs is 1. The Labute approximate surface area is 195 Å². The number of esters is 1. The Kier molecular flexibility index (Phi) is 9.19. The summed E-state index contributed by atoms with van der Waals surface area (Å²) in [5.41, 5.74) is 3.13. The first kappa shape index (κ1) is 25.5. The highest BCUT2D eigenvalue weighted by molar-refractivity contribution is 6.30. The number of aliphatic hydroxyl groups is 1. The van der Waals surface area contributed by atoms with Gasteiger partial charge in [0.2, 0.25) is 0 Å². The molecular weight excluding hydrogens is 437 g/mol. The number of halogens is 2. The lowest BCUT2D eigenvalue weighted by Gasteiger charge is -2.41. The van der Waals surface area contributed by atoms with Gasteiger partial charge < -0.3 is 19.9 Å². The molecule has 0 bridgehead atoms. The molecule has 0 amide bonds. The molecule has 0 spiro atoms. The van der Waals surface area contributed by atoms with E-state index >= 15 is 0 Å². The zero-order valence-corrected chi connectivity index (χ0v) is 19.8. The molecule has 0 saturated carbocycles. The fourth-order valence-electron chi connectivity index (χ4n) is 4.10. The maximum atomic E-state index is 11.6. The molecule has 3 rings (SSSR count). The predicted octanol–water partition coefficient (Wildman–Crippen LogP) is 4.62. The lowest BCUT2D eigenvalue weighted by molar-refractivity contribution is -0.145. The topological polar surface area (TPSA) is 67.8 Å². The van der Waals surface area contributed by atoms with Crippen LogP contribution in [0.4, 0.5) is 0 Å². The van der Waals surface area contributed by atoms with Crippen molar-refractivity contribution in [3.63, 3.8) is 0 Å². The van der Waals surface area contributed by atoms with Crippen molar-refractivity contribution < 1.29 is 19.4 Å². The number of nitrogens with one attached hydrogen (secondary N) is 1. The molecule has 31 heavy (non-hydrogen) atoms. The van der Waals surface area contributed by atoms with E-state index in [0.717, 1.165) is 18.4 Å². The highest BCUT2D eigenvalue weighted by Gasteiger charge is 2.36. The molecule has 0 fully saturated rings. The minimum Gasteiger partial charge on any atom is -0.482 e. The van der Waals surface area contributed by atoms with E-state index in [0.29, 0.717) is 23.9 Å². The van der Waals surface area contributed by atoms with E-state index in [2.05, 4.69) is 25.2 Å². The van der Waals surface area contributed by atoms with E-state index in [4.69, 9.17) is 21.1 Å². The van der Waals surface area contributed by atoms with Crippen LogP contribution in [0.5, 0.6) is 5.75 Å². The van der Waals surface area contributed by atoms with Gasteiger partial charge in [-0.1, -0.05) is 43.6 Å². The van der Waals surface area contributed by atoms with Crippen LogP contribution >= 0.6 is 24.0 Å². The van der Waals surface area contributed by atoms with Crippen LogP contribution in [0.2, 0.25) is 5.02 Å². The molecule has 1 aliphatic carbocycles. The zero-order chi connectivity index (χ0) is 21.7. The summed E-state index contributed by atoms with van der Waals surface area (Å²) in [5.74, 6) is 0.290. The second kappa shape index (κ2) is 11.2. The summed E-state index contributed by atoms with van der Waals surface area (Å²) >= 11 is 6.04. The van der Waals surface area contributed by atoms with E-state index in [1.165, 1.54) is 11.1 Å². The number of aryl methyl sites for hydroxylation is 1. The number of carbonyl (C=O) groups excluding carboxylic acids is 1. The van der Waals surface area contributed by atoms with Crippen LogP contribution in [0.1, 0.15) is 50.0 Å². The van der Waals surface area contributed by atoms with Gasteiger partial charge in [0.1, 0.15) is 5.75 Å². The molecule has 2 atom stereocenters.